The van der Waals surface area contributed by atoms with E-state index >= 15 is 0 Å². The fourth-order valence-corrected chi connectivity index (χ4v) is 3.99. The van der Waals surface area contributed by atoms with E-state index < -0.39 is 23.5 Å². The smallest absolute Gasteiger partial charge is 0.295 e. The minimum absolute atomic E-state index is 0.0154. The number of ether oxygens (including phenoxy) is 1. The molecule has 1 saturated heterocycles. The average Bonchev–Trinajstić information content (AvgIpc) is 3.07. The maximum absolute atomic E-state index is 13.3. The molecule has 1 fully saturated rings. The number of likely N-dealkylation sites (tertiary alicyclic amines) is 1. The molecule has 1 N–H and O–H groups in total. The van der Waals surface area contributed by atoms with Crippen molar-refractivity contribution in [2.45, 2.75) is 26.3 Å². The van der Waals surface area contributed by atoms with Crippen LogP contribution < -0.4 is 14.7 Å². The molecular formula is C24H29N3O4. The number of Topliss-reactive ketones (excluding diaryl/α,β-unsaturated/α-hetero) is 1. The zero-order valence-corrected chi connectivity index (χ0v) is 18.3. The average molecular weight is 424 g/mol. The number of carbonyl (C=O) groups excluding carboxylic acids is 2. The first-order valence-corrected chi connectivity index (χ1v) is 10.7. The second-order valence-electron chi connectivity index (χ2n) is 7.55. The molecule has 1 unspecified atom stereocenters. The lowest BCUT2D eigenvalue weighted by atomic mass is 9.96. The molecule has 1 amide bonds. The van der Waals surface area contributed by atoms with Crippen LogP contribution in [-0.2, 0) is 9.59 Å². The van der Waals surface area contributed by atoms with Crippen LogP contribution in [-0.4, -0.2) is 54.9 Å². The minimum atomic E-state index is -0.732. The van der Waals surface area contributed by atoms with E-state index in [9.17, 15) is 14.7 Å². The molecule has 0 bridgehead atoms. The lowest BCUT2D eigenvalue weighted by Crippen LogP contribution is -3.11. The first-order valence-electron chi connectivity index (χ1n) is 10.7. The van der Waals surface area contributed by atoms with Gasteiger partial charge in [-0.15, -0.1) is 0 Å². The molecule has 31 heavy (non-hydrogen) atoms. The first-order chi connectivity index (χ1) is 15.0. The fraction of sp³-hybridized carbons (Fsp3) is 0.375. The number of carbonyl (C=O) groups is 2. The summed E-state index contributed by atoms with van der Waals surface area (Å²) in [6.45, 7) is 7.56. The maximum atomic E-state index is 13.3. The van der Waals surface area contributed by atoms with Crippen molar-refractivity contribution in [3.8, 4) is 5.75 Å². The Morgan fingerprint density at radius 2 is 1.87 bits per heavy atom. The number of hydrogen-bond acceptors (Lipinski definition) is 5. The summed E-state index contributed by atoms with van der Waals surface area (Å²) < 4.78 is 5.14. The third-order valence-corrected chi connectivity index (χ3v) is 5.81. The number of methoxy groups -OCH3 is 1. The molecule has 0 aliphatic carbocycles. The fourth-order valence-electron chi connectivity index (χ4n) is 3.99. The zero-order chi connectivity index (χ0) is 22.4. The van der Waals surface area contributed by atoms with Crippen LogP contribution in [0.15, 0.2) is 54.4 Å². The number of ketones is 1. The van der Waals surface area contributed by atoms with Gasteiger partial charge in [0.25, 0.3) is 5.91 Å². The van der Waals surface area contributed by atoms with Gasteiger partial charge in [-0.2, -0.15) is 0 Å². The highest BCUT2D eigenvalue weighted by Gasteiger charge is 2.44. The molecular weight excluding hydrogens is 394 g/mol. The van der Waals surface area contributed by atoms with Gasteiger partial charge in [0, 0.05) is 30.9 Å². The summed E-state index contributed by atoms with van der Waals surface area (Å²) in [6, 6.07) is 9.37. The Morgan fingerprint density at radius 1 is 1.16 bits per heavy atom. The summed E-state index contributed by atoms with van der Waals surface area (Å²) in [7, 11) is 1.54. The van der Waals surface area contributed by atoms with E-state index in [1.807, 2.05) is 0 Å². The van der Waals surface area contributed by atoms with Crippen LogP contribution in [0.3, 0.4) is 0 Å². The van der Waals surface area contributed by atoms with E-state index in [0.717, 1.165) is 26.1 Å². The van der Waals surface area contributed by atoms with Crippen LogP contribution in [0.25, 0.3) is 5.76 Å². The number of nitrogens with zero attached hydrogens (tertiary/aromatic N) is 2. The van der Waals surface area contributed by atoms with Gasteiger partial charge in [0.05, 0.1) is 32.8 Å². The van der Waals surface area contributed by atoms with Crippen LogP contribution in [0.2, 0.25) is 0 Å². The Bertz CT molecular complexity index is 937. The Kier molecular flexibility index (Phi) is 7.41. The molecule has 3 rings (SSSR count). The second-order valence-corrected chi connectivity index (χ2v) is 7.55. The monoisotopic (exact) mass is 423 g/mol. The number of aromatic nitrogens is 1. The molecule has 0 spiro atoms. The predicted molar refractivity (Wildman–Crippen MR) is 115 cm³/mol. The number of amides is 1. The normalized spacial score (nSPS) is 18.1. The van der Waals surface area contributed by atoms with Gasteiger partial charge in [0.1, 0.15) is 5.75 Å². The Hall–Kier alpha value is -3.19. The summed E-state index contributed by atoms with van der Waals surface area (Å²) in [6.07, 6.45) is 3.98. The lowest BCUT2D eigenvalue weighted by molar-refractivity contribution is -0.896. The molecule has 164 valence electrons. The minimum Gasteiger partial charge on any atom is -0.872 e. The maximum Gasteiger partial charge on any atom is 0.295 e. The molecule has 1 atom stereocenters. The van der Waals surface area contributed by atoms with Gasteiger partial charge in [0.15, 0.2) is 0 Å². The summed E-state index contributed by atoms with van der Waals surface area (Å²) in [5, 5.41) is 13.3. The quantitative estimate of drug-likeness (QED) is 0.363. The summed E-state index contributed by atoms with van der Waals surface area (Å²) in [4.78, 5) is 32.9. The van der Waals surface area contributed by atoms with Crippen molar-refractivity contribution in [2.24, 2.45) is 0 Å². The third kappa shape index (κ3) is 4.77. The molecule has 1 aliphatic heterocycles. The SMILES string of the molecule is CC[NH+](CC)CCCN1C(=O)C(=O)C(=C([O-])c2ccc(OC)cc2)C1c1cccnc1. The third-order valence-electron chi connectivity index (χ3n) is 5.81. The number of benzene rings is 1. The number of rotatable bonds is 9. The first kappa shape index (κ1) is 22.5. The van der Waals surface area contributed by atoms with Gasteiger partial charge >= 0.3 is 0 Å². The van der Waals surface area contributed by atoms with Crippen molar-refractivity contribution in [2.75, 3.05) is 33.3 Å². The van der Waals surface area contributed by atoms with E-state index in [0.29, 0.717) is 23.4 Å². The molecule has 2 heterocycles. The van der Waals surface area contributed by atoms with E-state index in [-0.39, 0.29) is 5.57 Å². The molecule has 1 aromatic heterocycles. The van der Waals surface area contributed by atoms with Crippen molar-refractivity contribution in [3.63, 3.8) is 0 Å². The van der Waals surface area contributed by atoms with E-state index in [1.54, 1.807) is 55.9 Å². The van der Waals surface area contributed by atoms with Crippen LogP contribution in [0, 0.1) is 0 Å². The van der Waals surface area contributed by atoms with Crippen LogP contribution in [0.4, 0.5) is 0 Å². The van der Waals surface area contributed by atoms with Gasteiger partial charge in [0.2, 0.25) is 5.78 Å². The number of hydrogen-bond donors (Lipinski definition) is 1. The number of quaternary nitrogens is 1. The highest BCUT2D eigenvalue weighted by Crippen LogP contribution is 2.38. The topological polar surface area (TPSA) is 87.0 Å². The lowest BCUT2D eigenvalue weighted by Gasteiger charge is -2.27. The summed E-state index contributed by atoms with van der Waals surface area (Å²) in [5.74, 6) is -1.18. The molecule has 7 nitrogen and oxygen atoms in total. The largest absolute Gasteiger partial charge is 0.872 e. The van der Waals surface area contributed by atoms with E-state index in [4.69, 9.17) is 4.74 Å². The second kappa shape index (κ2) is 10.2. The molecule has 1 aliphatic rings. The number of nitrogens with one attached hydrogen (secondary N) is 1. The highest BCUT2D eigenvalue weighted by atomic mass is 16.5. The van der Waals surface area contributed by atoms with Crippen LogP contribution in [0.5, 0.6) is 5.75 Å². The molecule has 0 saturated carbocycles. The van der Waals surface area contributed by atoms with Crippen LogP contribution in [0.1, 0.15) is 37.4 Å². The zero-order valence-electron chi connectivity index (χ0n) is 18.3. The summed E-state index contributed by atoms with van der Waals surface area (Å²) >= 11 is 0. The van der Waals surface area contributed by atoms with E-state index in [1.165, 1.54) is 9.80 Å². The van der Waals surface area contributed by atoms with E-state index in [2.05, 4.69) is 18.8 Å². The molecule has 7 heteroatoms. The van der Waals surface area contributed by atoms with Gasteiger partial charge in [-0.3, -0.25) is 14.6 Å². The molecule has 2 aromatic rings. The van der Waals surface area contributed by atoms with Crippen molar-refractivity contribution < 1.29 is 24.3 Å². The Morgan fingerprint density at radius 3 is 2.45 bits per heavy atom. The van der Waals surface area contributed by atoms with Gasteiger partial charge in [-0.05, 0) is 43.2 Å². The predicted octanol–water partition coefficient (Wildman–Crippen LogP) is 0.629. The Balaban J connectivity index is 1.98. The Labute approximate surface area is 183 Å². The summed E-state index contributed by atoms with van der Waals surface area (Å²) in [5.41, 5.74) is 0.993. The molecule has 0 radical (unpaired) electrons. The van der Waals surface area contributed by atoms with Crippen molar-refractivity contribution in [1.82, 2.24) is 9.88 Å². The van der Waals surface area contributed by atoms with Gasteiger partial charge < -0.3 is 19.6 Å². The molecule has 1 aromatic carbocycles. The van der Waals surface area contributed by atoms with Gasteiger partial charge in [-0.1, -0.05) is 24.0 Å². The van der Waals surface area contributed by atoms with Crippen molar-refractivity contribution in [3.05, 3.63) is 65.5 Å². The van der Waals surface area contributed by atoms with Gasteiger partial charge in [-0.25, -0.2) is 0 Å². The van der Waals surface area contributed by atoms with Crippen LogP contribution >= 0.6 is 0 Å². The standard InChI is InChI=1S/C24H29N3O4/c1-4-26(5-2)14-7-15-27-21(18-8-6-13-25-16-18)20(23(29)24(27)30)22(28)17-9-11-19(31-3)12-10-17/h6,8-13,16,21,28H,4-5,7,14-15H2,1-3H3. The highest BCUT2D eigenvalue weighted by molar-refractivity contribution is 6.46. The number of pyridine rings is 1. The van der Waals surface area contributed by atoms with Crippen molar-refractivity contribution >= 4 is 17.4 Å². The van der Waals surface area contributed by atoms with Crippen molar-refractivity contribution in [1.29, 1.82) is 0 Å².